The van der Waals surface area contributed by atoms with Crippen molar-refractivity contribution in [2.45, 2.75) is 62.6 Å². The third kappa shape index (κ3) is 6.79. The highest BCUT2D eigenvalue weighted by Gasteiger charge is 2.40. The fourth-order valence-electron chi connectivity index (χ4n) is 5.67. The van der Waals surface area contributed by atoms with E-state index in [1.54, 1.807) is 17.0 Å². The van der Waals surface area contributed by atoms with Gasteiger partial charge in [-0.25, -0.2) is 13.2 Å². The summed E-state index contributed by atoms with van der Waals surface area (Å²) in [5.74, 6) is -0.805. The normalized spacial score (nSPS) is 23.0. The average molecular weight is 561 g/mol. The van der Waals surface area contributed by atoms with Crippen LogP contribution in [0.4, 0.5) is 0 Å². The molecule has 12 heteroatoms. The molecular formula is C27H40N6O5S. The summed E-state index contributed by atoms with van der Waals surface area (Å²) in [4.78, 5) is 32.0. The Kier molecular flexibility index (Phi) is 8.97. The van der Waals surface area contributed by atoms with Gasteiger partial charge in [-0.15, -0.1) is 0 Å². The fourth-order valence-corrected chi connectivity index (χ4v) is 6.91. The Hall–Kier alpha value is -2.96. The van der Waals surface area contributed by atoms with Crippen LogP contribution in [0.2, 0.25) is 0 Å². The van der Waals surface area contributed by atoms with Gasteiger partial charge in [-0.3, -0.25) is 10.2 Å². The van der Waals surface area contributed by atoms with E-state index < -0.39 is 34.0 Å². The summed E-state index contributed by atoms with van der Waals surface area (Å²) in [7, 11) is -0.779. The van der Waals surface area contributed by atoms with Crippen molar-refractivity contribution in [3.8, 4) is 0 Å². The van der Waals surface area contributed by atoms with Crippen molar-refractivity contribution >= 4 is 27.9 Å². The molecule has 0 radical (unpaired) electrons. The van der Waals surface area contributed by atoms with E-state index in [-0.39, 0.29) is 23.2 Å². The van der Waals surface area contributed by atoms with Crippen LogP contribution in [-0.4, -0.2) is 93.4 Å². The number of rotatable bonds is 7. The molecule has 1 aromatic carbocycles. The van der Waals surface area contributed by atoms with Gasteiger partial charge in [0.2, 0.25) is 15.9 Å². The molecule has 0 unspecified atom stereocenters. The number of amides is 1. The highest BCUT2D eigenvalue weighted by atomic mass is 32.2. The molecule has 0 aliphatic carbocycles. The van der Waals surface area contributed by atoms with Crippen LogP contribution in [0.5, 0.6) is 0 Å². The Balaban J connectivity index is 1.63. The lowest BCUT2D eigenvalue weighted by Crippen LogP contribution is -2.57. The quantitative estimate of drug-likeness (QED) is 0.194. The number of likely N-dealkylation sites (tertiary alicyclic amines) is 1. The zero-order chi connectivity index (χ0) is 28.3. The van der Waals surface area contributed by atoms with E-state index in [4.69, 9.17) is 15.9 Å². The molecule has 11 nitrogen and oxygen atoms in total. The van der Waals surface area contributed by atoms with E-state index >= 15 is 0 Å². The first kappa shape index (κ1) is 29.0. The van der Waals surface area contributed by atoms with E-state index in [0.717, 1.165) is 29.7 Å². The van der Waals surface area contributed by atoms with Gasteiger partial charge in [-0.2, -0.15) is 4.72 Å². The van der Waals surface area contributed by atoms with Crippen LogP contribution in [0.25, 0.3) is 0 Å². The number of esters is 1. The van der Waals surface area contributed by atoms with Gasteiger partial charge in [-0.1, -0.05) is 24.6 Å². The minimum absolute atomic E-state index is 0.0705. The van der Waals surface area contributed by atoms with Crippen LogP contribution in [0.3, 0.4) is 0 Å². The number of nitrogens with two attached hydrogens (primary N) is 1. The first-order valence-electron chi connectivity index (χ1n) is 13.5. The largest absolute Gasteiger partial charge is 0.467 e. The van der Waals surface area contributed by atoms with Crippen LogP contribution >= 0.6 is 0 Å². The lowest BCUT2D eigenvalue weighted by molar-refractivity contribution is -0.156. The molecule has 3 aliphatic heterocycles. The van der Waals surface area contributed by atoms with Crippen molar-refractivity contribution in [2.24, 2.45) is 11.7 Å². The molecule has 214 valence electrons. The van der Waals surface area contributed by atoms with Crippen molar-refractivity contribution < 1.29 is 22.7 Å². The summed E-state index contributed by atoms with van der Waals surface area (Å²) in [6, 6.07) is 3.22. The topological polar surface area (TPSA) is 149 Å². The lowest BCUT2D eigenvalue weighted by Gasteiger charge is -2.39. The number of nitrogens with zero attached hydrogens (tertiary/aromatic N) is 3. The predicted octanol–water partition coefficient (Wildman–Crippen LogP) is 1.04. The molecular weight excluding hydrogens is 520 g/mol. The molecule has 0 saturated carbocycles. The van der Waals surface area contributed by atoms with Gasteiger partial charge in [0.25, 0.3) is 0 Å². The van der Waals surface area contributed by atoms with Gasteiger partial charge in [0, 0.05) is 32.7 Å². The second kappa shape index (κ2) is 12.1. The summed E-state index contributed by atoms with van der Waals surface area (Å²) in [6.45, 7) is 4.85. The number of fused-ring (bicyclic) bond motifs is 1. The van der Waals surface area contributed by atoms with Crippen molar-refractivity contribution in [1.29, 1.82) is 5.41 Å². The molecule has 3 heterocycles. The van der Waals surface area contributed by atoms with Crippen molar-refractivity contribution in [3.05, 3.63) is 41.0 Å². The van der Waals surface area contributed by atoms with Gasteiger partial charge in [0.05, 0.1) is 12.0 Å². The molecule has 1 fully saturated rings. The number of carbonyl (C=O) groups is 2. The molecule has 0 spiro atoms. The maximum atomic E-state index is 14.0. The summed E-state index contributed by atoms with van der Waals surface area (Å²) in [6.07, 6.45) is 4.72. The van der Waals surface area contributed by atoms with Gasteiger partial charge in [-0.05, 0) is 68.3 Å². The second-order valence-corrected chi connectivity index (χ2v) is 12.7. The van der Waals surface area contributed by atoms with Crippen molar-refractivity contribution in [2.75, 3.05) is 40.3 Å². The molecule has 4 N–H and O–H groups in total. The zero-order valence-corrected chi connectivity index (χ0v) is 23.8. The predicted molar refractivity (Wildman–Crippen MR) is 147 cm³/mol. The third-order valence-corrected chi connectivity index (χ3v) is 9.41. The molecule has 39 heavy (non-hydrogen) atoms. The number of likely N-dealkylation sites (N-methyl/N-ethyl adjacent to an activating group) is 1. The number of hydrogen-bond acceptors (Lipinski definition) is 7. The molecule has 3 atom stereocenters. The average Bonchev–Trinajstić information content (AvgIpc) is 2.91. The van der Waals surface area contributed by atoms with Gasteiger partial charge in [0.15, 0.2) is 5.96 Å². The number of ether oxygens (including phenoxy) is 1. The maximum Gasteiger partial charge on any atom is 0.328 e. The van der Waals surface area contributed by atoms with Gasteiger partial charge in [0.1, 0.15) is 12.1 Å². The number of piperidine rings is 1. The SMILES string of the molecule is COC(=O)[C@@H]1C[C@H](C)CCN1C(=O)[C@H](CC1=CCCN(C(=N)N)C1)NS(=O)(=O)c1ccc2c(c1)CN(C)CC2. The van der Waals surface area contributed by atoms with E-state index in [0.29, 0.717) is 45.4 Å². The molecule has 1 aromatic rings. The number of carbonyl (C=O) groups excluding carboxylic acids is 2. The Morgan fingerprint density at radius 2 is 1.97 bits per heavy atom. The fraction of sp³-hybridized carbons (Fsp3) is 0.593. The molecule has 0 aromatic heterocycles. The molecule has 4 rings (SSSR count). The summed E-state index contributed by atoms with van der Waals surface area (Å²) in [5.41, 5.74) is 8.59. The van der Waals surface area contributed by atoms with E-state index in [9.17, 15) is 18.0 Å². The maximum absolute atomic E-state index is 14.0. The molecule has 0 bridgehead atoms. The smallest absolute Gasteiger partial charge is 0.328 e. The summed E-state index contributed by atoms with van der Waals surface area (Å²) in [5, 5.41) is 7.80. The first-order valence-corrected chi connectivity index (χ1v) is 14.9. The minimum atomic E-state index is -4.07. The number of sulfonamides is 1. The number of methoxy groups -OCH3 is 1. The van der Waals surface area contributed by atoms with Gasteiger partial charge >= 0.3 is 5.97 Å². The number of benzene rings is 1. The standard InChI is InChI=1S/C27H40N6O5S/c1-18-8-12-33(24(13-18)26(35)38-3)25(34)23(14-19-5-4-10-32(16-19)27(28)29)30-39(36,37)22-7-6-20-9-11-31(2)17-21(20)15-22/h5-7,15,18,23-24,30H,4,8-14,16-17H2,1-3H3,(H3,28,29)/t18-,23+,24+/m1/s1. The van der Waals surface area contributed by atoms with Crippen molar-refractivity contribution in [1.82, 2.24) is 19.4 Å². The molecule has 1 saturated heterocycles. The van der Waals surface area contributed by atoms with Gasteiger partial charge < -0.3 is 25.2 Å². The van der Waals surface area contributed by atoms with Crippen LogP contribution in [0.15, 0.2) is 34.7 Å². The summed E-state index contributed by atoms with van der Waals surface area (Å²) >= 11 is 0. The van der Waals surface area contributed by atoms with E-state index in [2.05, 4.69) is 9.62 Å². The second-order valence-electron chi connectivity index (χ2n) is 11.0. The lowest BCUT2D eigenvalue weighted by atomic mass is 9.91. The van der Waals surface area contributed by atoms with E-state index in [1.807, 2.05) is 26.1 Å². The van der Waals surface area contributed by atoms with Crippen LogP contribution < -0.4 is 10.5 Å². The van der Waals surface area contributed by atoms with E-state index in [1.165, 1.54) is 12.0 Å². The Bertz CT molecular complexity index is 1250. The summed E-state index contributed by atoms with van der Waals surface area (Å²) < 4.78 is 35.0. The molecule has 1 amide bonds. The van der Waals surface area contributed by atoms with Crippen LogP contribution in [-0.2, 0) is 37.3 Å². The molecule has 3 aliphatic rings. The zero-order valence-electron chi connectivity index (χ0n) is 23.0. The van der Waals surface area contributed by atoms with Crippen LogP contribution in [0, 0.1) is 11.3 Å². The first-order chi connectivity index (χ1) is 18.5. The monoisotopic (exact) mass is 560 g/mol. The van der Waals surface area contributed by atoms with Crippen LogP contribution in [0.1, 0.15) is 43.7 Å². The van der Waals surface area contributed by atoms with Crippen molar-refractivity contribution in [3.63, 3.8) is 0 Å². The third-order valence-electron chi connectivity index (χ3n) is 7.94. The number of nitrogens with one attached hydrogen (secondary N) is 2. The Morgan fingerprint density at radius 1 is 1.21 bits per heavy atom. The Morgan fingerprint density at radius 3 is 2.69 bits per heavy atom. The highest BCUT2D eigenvalue weighted by Crippen LogP contribution is 2.27. The minimum Gasteiger partial charge on any atom is -0.467 e. The highest BCUT2D eigenvalue weighted by molar-refractivity contribution is 7.89. The Labute approximate surface area is 230 Å². The number of guanidine groups is 1. The number of hydrogen-bond donors (Lipinski definition) is 3.